The Morgan fingerprint density at radius 2 is 1.75 bits per heavy atom. The summed E-state index contributed by atoms with van der Waals surface area (Å²) in [5.74, 6) is -0.444. The molecule has 0 aliphatic heterocycles. The molecule has 5 nitrogen and oxygen atoms in total. The van der Waals surface area contributed by atoms with Gasteiger partial charge in [0.25, 0.3) is 0 Å². The van der Waals surface area contributed by atoms with Crippen molar-refractivity contribution in [3.8, 4) is 0 Å². The molecule has 0 radical (unpaired) electrons. The lowest BCUT2D eigenvalue weighted by atomic mass is 10.00. The van der Waals surface area contributed by atoms with Crippen LogP contribution in [0.15, 0.2) is 24.3 Å². The number of amides is 1. The maximum Gasteiger partial charge on any atom is 0.317 e. The molecule has 1 amide bonds. The molecule has 1 atom stereocenters. The lowest BCUT2D eigenvalue weighted by Crippen LogP contribution is -2.40. The highest BCUT2D eigenvalue weighted by molar-refractivity contribution is 5.79. The van der Waals surface area contributed by atoms with E-state index in [1.54, 1.807) is 4.90 Å². The maximum atomic E-state index is 12.2. The predicted molar refractivity (Wildman–Crippen MR) is 95.9 cm³/mol. The van der Waals surface area contributed by atoms with Crippen LogP contribution in [-0.2, 0) is 16.0 Å². The molecule has 0 saturated carbocycles. The van der Waals surface area contributed by atoms with Gasteiger partial charge in [-0.1, -0.05) is 45.0 Å². The lowest BCUT2D eigenvalue weighted by Gasteiger charge is -2.21. The zero-order chi connectivity index (χ0) is 18.1. The second kappa shape index (κ2) is 10.1. The number of hydrogen-bond donors (Lipinski definition) is 2. The number of nitrogens with zero attached hydrogens (tertiary/aromatic N) is 1. The highest BCUT2D eigenvalue weighted by Gasteiger charge is 2.15. The van der Waals surface area contributed by atoms with Crippen molar-refractivity contribution in [1.82, 2.24) is 10.2 Å². The second-order valence-electron chi connectivity index (χ2n) is 6.73. The number of nitrogens with one attached hydrogen (secondary N) is 1. The fourth-order valence-corrected chi connectivity index (χ4v) is 2.71. The Morgan fingerprint density at radius 1 is 1.12 bits per heavy atom. The van der Waals surface area contributed by atoms with Gasteiger partial charge in [0.05, 0.1) is 19.1 Å². The molecule has 0 spiro atoms. The third-order valence-electron chi connectivity index (χ3n) is 3.77. The molecule has 0 fully saturated rings. The predicted octanol–water partition coefficient (Wildman–Crippen LogP) is 2.86. The standard InChI is InChI=1S/C19H30N2O3/c1-5-10-21(13-19(23)24)12-18(22)20-15(4)17-8-6-16(7-9-17)11-14(2)3/h6-9,14-15H,5,10-13H2,1-4H3,(H,20,22)(H,23,24). The van der Waals surface area contributed by atoms with Gasteiger partial charge in [-0.25, -0.2) is 0 Å². The maximum absolute atomic E-state index is 12.2. The number of carbonyl (C=O) groups excluding carboxylic acids is 1. The summed E-state index contributed by atoms with van der Waals surface area (Å²) in [4.78, 5) is 24.7. The monoisotopic (exact) mass is 334 g/mol. The number of carbonyl (C=O) groups is 2. The van der Waals surface area contributed by atoms with Crippen LogP contribution < -0.4 is 5.32 Å². The van der Waals surface area contributed by atoms with E-state index in [0.29, 0.717) is 12.5 Å². The van der Waals surface area contributed by atoms with Gasteiger partial charge in [0, 0.05) is 0 Å². The molecular formula is C19H30N2O3. The molecule has 1 unspecified atom stereocenters. The Hall–Kier alpha value is -1.88. The molecule has 134 valence electrons. The van der Waals surface area contributed by atoms with E-state index in [9.17, 15) is 9.59 Å². The fraction of sp³-hybridized carbons (Fsp3) is 0.579. The van der Waals surface area contributed by atoms with Crippen molar-refractivity contribution in [2.45, 2.75) is 46.6 Å². The molecule has 1 aromatic rings. The Bertz CT molecular complexity index is 526. The first-order valence-corrected chi connectivity index (χ1v) is 8.64. The van der Waals surface area contributed by atoms with Crippen molar-refractivity contribution in [3.05, 3.63) is 35.4 Å². The van der Waals surface area contributed by atoms with Crippen molar-refractivity contribution >= 4 is 11.9 Å². The van der Waals surface area contributed by atoms with Crippen molar-refractivity contribution in [2.24, 2.45) is 5.92 Å². The summed E-state index contributed by atoms with van der Waals surface area (Å²) in [5, 5.41) is 11.8. The summed E-state index contributed by atoms with van der Waals surface area (Å²) in [6.45, 7) is 8.88. The third kappa shape index (κ3) is 7.59. The van der Waals surface area contributed by atoms with Crippen molar-refractivity contribution in [1.29, 1.82) is 0 Å². The normalized spacial score (nSPS) is 12.4. The zero-order valence-corrected chi connectivity index (χ0v) is 15.2. The lowest BCUT2D eigenvalue weighted by molar-refractivity contribution is -0.138. The molecule has 0 aromatic heterocycles. The van der Waals surface area contributed by atoms with E-state index in [0.717, 1.165) is 18.4 Å². The molecule has 24 heavy (non-hydrogen) atoms. The van der Waals surface area contributed by atoms with E-state index in [1.807, 2.05) is 26.0 Å². The van der Waals surface area contributed by atoms with Crippen LogP contribution in [0.3, 0.4) is 0 Å². The van der Waals surface area contributed by atoms with E-state index in [4.69, 9.17) is 5.11 Å². The van der Waals surface area contributed by atoms with Gasteiger partial charge in [-0.05, 0) is 43.4 Å². The van der Waals surface area contributed by atoms with Crippen LogP contribution in [0.25, 0.3) is 0 Å². The number of hydrogen-bond acceptors (Lipinski definition) is 3. The third-order valence-corrected chi connectivity index (χ3v) is 3.77. The number of rotatable bonds is 10. The minimum atomic E-state index is -0.912. The number of carboxylic acid groups (broad SMARTS) is 1. The van der Waals surface area contributed by atoms with Crippen molar-refractivity contribution in [3.63, 3.8) is 0 Å². The van der Waals surface area contributed by atoms with Gasteiger partial charge in [0.1, 0.15) is 0 Å². The Labute approximate surface area is 145 Å². The van der Waals surface area contributed by atoms with Gasteiger partial charge in [-0.15, -0.1) is 0 Å². The van der Waals surface area contributed by atoms with Crippen LogP contribution in [0, 0.1) is 5.92 Å². The second-order valence-corrected chi connectivity index (χ2v) is 6.73. The number of aliphatic carboxylic acids is 1. The molecule has 1 aromatic carbocycles. The van der Waals surface area contributed by atoms with Gasteiger partial charge >= 0.3 is 5.97 Å². The van der Waals surface area contributed by atoms with Crippen LogP contribution in [0.5, 0.6) is 0 Å². The number of benzene rings is 1. The molecule has 1 rings (SSSR count). The summed E-state index contributed by atoms with van der Waals surface area (Å²) in [6, 6.07) is 8.20. The molecule has 5 heteroatoms. The summed E-state index contributed by atoms with van der Waals surface area (Å²) in [7, 11) is 0. The first-order valence-electron chi connectivity index (χ1n) is 8.64. The fourth-order valence-electron chi connectivity index (χ4n) is 2.71. The quantitative estimate of drug-likeness (QED) is 0.690. The summed E-state index contributed by atoms with van der Waals surface area (Å²) >= 11 is 0. The van der Waals surface area contributed by atoms with Gasteiger partial charge in [0.2, 0.25) is 5.91 Å². The van der Waals surface area contributed by atoms with E-state index >= 15 is 0 Å². The largest absolute Gasteiger partial charge is 0.480 e. The van der Waals surface area contributed by atoms with Crippen LogP contribution >= 0.6 is 0 Å². The molecule has 0 aliphatic carbocycles. The topological polar surface area (TPSA) is 69.6 Å². The van der Waals surface area contributed by atoms with E-state index in [-0.39, 0.29) is 25.0 Å². The SMILES string of the molecule is CCCN(CC(=O)O)CC(=O)NC(C)c1ccc(CC(C)C)cc1. The number of carboxylic acids is 1. The molecule has 2 N–H and O–H groups in total. The van der Waals surface area contributed by atoms with Crippen molar-refractivity contribution in [2.75, 3.05) is 19.6 Å². The van der Waals surface area contributed by atoms with Crippen LogP contribution in [-0.4, -0.2) is 41.5 Å². The van der Waals surface area contributed by atoms with Crippen molar-refractivity contribution < 1.29 is 14.7 Å². The summed E-state index contributed by atoms with van der Waals surface area (Å²) in [5.41, 5.74) is 2.35. The van der Waals surface area contributed by atoms with E-state index in [1.165, 1.54) is 5.56 Å². The van der Waals surface area contributed by atoms with Gasteiger partial charge in [-0.2, -0.15) is 0 Å². The Balaban J connectivity index is 2.57. The Kier molecular flexibility index (Phi) is 8.47. The van der Waals surface area contributed by atoms with Gasteiger partial charge < -0.3 is 10.4 Å². The van der Waals surface area contributed by atoms with Gasteiger partial charge in [-0.3, -0.25) is 14.5 Å². The highest BCUT2D eigenvalue weighted by atomic mass is 16.4. The average molecular weight is 334 g/mol. The molecular weight excluding hydrogens is 304 g/mol. The van der Waals surface area contributed by atoms with Crippen LogP contribution in [0.2, 0.25) is 0 Å². The minimum absolute atomic E-state index is 0.0982. The Morgan fingerprint density at radius 3 is 2.25 bits per heavy atom. The first-order chi connectivity index (χ1) is 11.3. The average Bonchev–Trinajstić information content (AvgIpc) is 2.46. The van der Waals surface area contributed by atoms with E-state index < -0.39 is 5.97 Å². The molecule has 0 bridgehead atoms. The van der Waals surface area contributed by atoms with Gasteiger partial charge in [0.15, 0.2) is 0 Å². The first kappa shape index (κ1) is 20.2. The smallest absolute Gasteiger partial charge is 0.317 e. The minimum Gasteiger partial charge on any atom is -0.480 e. The molecule has 0 aliphatic rings. The van der Waals surface area contributed by atoms with Crippen LogP contribution in [0.1, 0.15) is 51.3 Å². The summed E-state index contributed by atoms with van der Waals surface area (Å²) in [6.07, 6.45) is 1.86. The van der Waals surface area contributed by atoms with Crippen LogP contribution in [0.4, 0.5) is 0 Å². The molecule has 0 saturated heterocycles. The zero-order valence-electron chi connectivity index (χ0n) is 15.2. The molecule has 0 heterocycles. The summed E-state index contributed by atoms with van der Waals surface area (Å²) < 4.78 is 0. The highest BCUT2D eigenvalue weighted by Crippen LogP contribution is 2.15. The van der Waals surface area contributed by atoms with E-state index in [2.05, 4.69) is 31.3 Å².